The van der Waals surface area contributed by atoms with Crippen LogP contribution >= 0.6 is 0 Å². The van der Waals surface area contributed by atoms with E-state index in [4.69, 9.17) is 5.11 Å². The minimum Gasteiger partial charge on any atom is -0.481 e. The van der Waals surface area contributed by atoms with E-state index in [0.29, 0.717) is 12.5 Å². The minimum absolute atomic E-state index is 0.0151. The van der Waals surface area contributed by atoms with Gasteiger partial charge in [-0.05, 0) is 24.3 Å². The maximum Gasteiger partial charge on any atom is 0.309 e. The van der Waals surface area contributed by atoms with E-state index in [-0.39, 0.29) is 6.42 Å². The van der Waals surface area contributed by atoms with Crippen LogP contribution in [0.4, 0.5) is 5.82 Å². The number of aliphatic carboxylic acids is 1. The van der Waals surface area contributed by atoms with Crippen molar-refractivity contribution in [1.29, 1.82) is 0 Å². The summed E-state index contributed by atoms with van der Waals surface area (Å²) in [7, 11) is 0. The van der Waals surface area contributed by atoms with Crippen molar-refractivity contribution in [2.45, 2.75) is 25.8 Å². The molecule has 21 heavy (non-hydrogen) atoms. The number of aromatic nitrogens is 2. The monoisotopic (exact) mass is 283 g/mol. The number of nitrogens with zero attached hydrogens (tertiary/aromatic N) is 3. The zero-order chi connectivity index (χ0) is 14.7. The van der Waals surface area contributed by atoms with Crippen molar-refractivity contribution < 1.29 is 9.90 Å². The average Bonchev–Trinajstić information content (AvgIpc) is 3.23. The Labute approximate surface area is 122 Å². The normalized spacial score (nSPS) is 15.1. The van der Waals surface area contributed by atoms with Gasteiger partial charge in [0.25, 0.3) is 0 Å². The molecule has 3 rings (SSSR count). The Balaban J connectivity index is 1.82. The van der Waals surface area contributed by atoms with E-state index in [2.05, 4.69) is 10.1 Å². The Morgan fingerprint density at radius 2 is 2.05 bits per heavy atom. The highest BCUT2D eigenvalue weighted by atomic mass is 16.4. The first-order valence-electron chi connectivity index (χ1n) is 7.07. The lowest BCUT2D eigenvalue weighted by Crippen LogP contribution is -2.09. The SMILES string of the molecule is O=C(O)CC(=Nc1ccnn1Cc1ccccc1)C1CC1. The number of benzene rings is 1. The third kappa shape index (κ3) is 3.56. The summed E-state index contributed by atoms with van der Waals surface area (Å²) < 4.78 is 1.81. The highest BCUT2D eigenvalue weighted by Crippen LogP contribution is 2.33. The number of hydrogen-bond acceptors (Lipinski definition) is 3. The molecule has 1 aromatic carbocycles. The van der Waals surface area contributed by atoms with Gasteiger partial charge in [-0.3, -0.25) is 4.79 Å². The van der Waals surface area contributed by atoms with Crippen LogP contribution in [-0.2, 0) is 11.3 Å². The van der Waals surface area contributed by atoms with Gasteiger partial charge in [-0.2, -0.15) is 5.10 Å². The molecule has 0 unspecified atom stereocenters. The van der Waals surface area contributed by atoms with Crippen LogP contribution in [0.25, 0.3) is 0 Å². The molecule has 1 heterocycles. The molecule has 1 aliphatic rings. The van der Waals surface area contributed by atoms with Crippen LogP contribution in [0.3, 0.4) is 0 Å². The van der Waals surface area contributed by atoms with Gasteiger partial charge in [-0.1, -0.05) is 30.3 Å². The van der Waals surface area contributed by atoms with Crippen molar-refractivity contribution in [2.24, 2.45) is 10.9 Å². The molecule has 1 N–H and O–H groups in total. The van der Waals surface area contributed by atoms with Crippen LogP contribution in [-0.4, -0.2) is 26.6 Å². The summed E-state index contributed by atoms with van der Waals surface area (Å²) in [4.78, 5) is 15.5. The first kappa shape index (κ1) is 13.5. The Morgan fingerprint density at radius 3 is 2.71 bits per heavy atom. The Bertz CT molecular complexity index is 657. The Kier molecular flexibility index (Phi) is 3.81. The number of carboxylic acids is 1. The van der Waals surface area contributed by atoms with E-state index in [1.54, 1.807) is 10.9 Å². The smallest absolute Gasteiger partial charge is 0.309 e. The lowest BCUT2D eigenvalue weighted by molar-refractivity contribution is -0.135. The fraction of sp³-hybridized carbons (Fsp3) is 0.312. The summed E-state index contributed by atoms with van der Waals surface area (Å²) in [6, 6.07) is 11.9. The summed E-state index contributed by atoms with van der Waals surface area (Å²) in [5.74, 6) is 0.234. The molecule has 0 radical (unpaired) electrons. The topological polar surface area (TPSA) is 67.5 Å². The fourth-order valence-electron chi connectivity index (χ4n) is 2.29. The molecule has 5 nitrogen and oxygen atoms in total. The summed E-state index contributed by atoms with van der Waals surface area (Å²) in [6.07, 6.45) is 3.80. The second kappa shape index (κ2) is 5.91. The predicted molar refractivity (Wildman–Crippen MR) is 79.8 cm³/mol. The zero-order valence-electron chi connectivity index (χ0n) is 11.6. The first-order valence-corrected chi connectivity index (χ1v) is 7.07. The van der Waals surface area contributed by atoms with Crippen molar-refractivity contribution in [3.05, 3.63) is 48.2 Å². The predicted octanol–water partition coefficient (Wildman–Crippen LogP) is 2.89. The van der Waals surface area contributed by atoms with Crippen LogP contribution < -0.4 is 0 Å². The van der Waals surface area contributed by atoms with Gasteiger partial charge in [0.15, 0.2) is 5.82 Å². The van der Waals surface area contributed by atoms with Crippen LogP contribution in [0.5, 0.6) is 0 Å². The maximum absolute atomic E-state index is 10.9. The molecule has 2 aromatic rings. The van der Waals surface area contributed by atoms with Crippen molar-refractivity contribution >= 4 is 17.5 Å². The largest absolute Gasteiger partial charge is 0.481 e. The summed E-state index contributed by atoms with van der Waals surface area (Å²) in [5.41, 5.74) is 1.90. The summed E-state index contributed by atoms with van der Waals surface area (Å²) >= 11 is 0. The maximum atomic E-state index is 10.9. The van der Waals surface area contributed by atoms with Gasteiger partial charge < -0.3 is 5.11 Å². The number of carbonyl (C=O) groups is 1. The molecule has 108 valence electrons. The average molecular weight is 283 g/mol. The number of carboxylic acid groups (broad SMARTS) is 1. The second-order valence-corrected chi connectivity index (χ2v) is 5.28. The Morgan fingerprint density at radius 1 is 1.29 bits per heavy atom. The van der Waals surface area contributed by atoms with Gasteiger partial charge in [-0.15, -0.1) is 0 Å². The molecule has 0 bridgehead atoms. The van der Waals surface area contributed by atoms with E-state index >= 15 is 0 Å². The second-order valence-electron chi connectivity index (χ2n) is 5.28. The van der Waals surface area contributed by atoms with Gasteiger partial charge in [0.1, 0.15) is 0 Å². The lowest BCUT2D eigenvalue weighted by atomic mass is 10.2. The molecule has 0 saturated heterocycles. The quantitative estimate of drug-likeness (QED) is 0.829. The van der Waals surface area contributed by atoms with Gasteiger partial charge in [0.05, 0.1) is 19.2 Å². The lowest BCUT2D eigenvalue weighted by Gasteiger charge is -2.06. The van der Waals surface area contributed by atoms with Crippen molar-refractivity contribution in [3.8, 4) is 0 Å². The molecule has 0 aliphatic heterocycles. The van der Waals surface area contributed by atoms with Crippen LogP contribution in [0.2, 0.25) is 0 Å². The molecule has 0 spiro atoms. The molecule has 0 amide bonds. The molecule has 1 saturated carbocycles. The highest BCUT2D eigenvalue weighted by Gasteiger charge is 2.29. The summed E-state index contributed by atoms with van der Waals surface area (Å²) in [6.45, 7) is 0.637. The fourth-order valence-corrected chi connectivity index (χ4v) is 2.29. The third-order valence-corrected chi connectivity index (χ3v) is 3.51. The zero-order valence-corrected chi connectivity index (χ0v) is 11.6. The third-order valence-electron chi connectivity index (χ3n) is 3.51. The number of rotatable bonds is 6. The van der Waals surface area contributed by atoms with Gasteiger partial charge in [0, 0.05) is 11.8 Å². The molecule has 1 fully saturated rings. The van der Waals surface area contributed by atoms with Crippen LogP contribution in [0, 0.1) is 5.92 Å². The molecular weight excluding hydrogens is 266 g/mol. The van der Waals surface area contributed by atoms with Crippen molar-refractivity contribution in [3.63, 3.8) is 0 Å². The molecule has 1 aromatic heterocycles. The van der Waals surface area contributed by atoms with E-state index in [9.17, 15) is 4.79 Å². The highest BCUT2D eigenvalue weighted by molar-refractivity contribution is 6.01. The summed E-state index contributed by atoms with van der Waals surface area (Å²) in [5, 5.41) is 13.3. The molecular formula is C16H17N3O2. The molecule has 0 atom stereocenters. The van der Waals surface area contributed by atoms with Crippen LogP contribution in [0.15, 0.2) is 47.6 Å². The number of aliphatic imine (C=N–C) groups is 1. The van der Waals surface area contributed by atoms with Gasteiger partial charge in [0.2, 0.25) is 0 Å². The van der Waals surface area contributed by atoms with Gasteiger partial charge in [-0.25, -0.2) is 9.67 Å². The minimum atomic E-state index is -0.824. The molecule has 5 heteroatoms. The van der Waals surface area contributed by atoms with E-state index < -0.39 is 5.97 Å². The van der Waals surface area contributed by atoms with E-state index in [0.717, 1.165) is 29.9 Å². The van der Waals surface area contributed by atoms with Crippen LogP contribution in [0.1, 0.15) is 24.8 Å². The van der Waals surface area contributed by atoms with Gasteiger partial charge >= 0.3 is 5.97 Å². The molecule has 1 aliphatic carbocycles. The first-order chi connectivity index (χ1) is 10.2. The number of hydrogen-bond donors (Lipinski definition) is 1. The van der Waals surface area contributed by atoms with E-state index in [1.165, 1.54) is 0 Å². The standard InChI is InChI=1S/C16H17N3O2/c20-16(21)10-14(13-6-7-13)18-15-8-9-17-19(15)11-12-4-2-1-3-5-12/h1-5,8-9,13H,6-7,10-11H2,(H,20,21). The van der Waals surface area contributed by atoms with Crippen molar-refractivity contribution in [1.82, 2.24) is 9.78 Å². The van der Waals surface area contributed by atoms with Crippen molar-refractivity contribution in [2.75, 3.05) is 0 Å². The van der Waals surface area contributed by atoms with E-state index in [1.807, 2.05) is 36.4 Å². The Hall–Kier alpha value is -2.43.